The number of anilines is 2. The van der Waals surface area contributed by atoms with E-state index in [2.05, 4.69) is 35.3 Å². The molecule has 1 fully saturated rings. The molecule has 2 aromatic heterocycles. The van der Waals surface area contributed by atoms with Gasteiger partial charge in [-0.15, -0.1) is 5.10 Å². The molecule has 0 aliphatic carbocycles. The SMILES string of the molecule is O=c1cc(CSc2nnnn2-c2ccccc2)nc(N2CCN(c3ccc(F)cc3)CC2)[nH]1. The van der Waals surface area contributed by atoms with Gasteiger partial charge in [-0.2, -0.15) is 4.68 Å². The average Bonchev–Trinajstić information content (AvgIpc) is 3.32. The summed E-state index contributed by atoms with van der Waals surface area (Å²) in [5, 5.41) is 12.6. The van der Waals surface area contributed by atoms with Crippen molar-refractivity contribution in [2.75, 3.05) is 36.0 Å². The molecule has 0 saturated carbocycles. The second-order valence-corrected chi connectivity index (χ2v) is 8.45. The molecule has 11 heteroatoms. The van der Waals surface area contributed by atoms with Gasteiger partial charge >= 0.3 is 0 Å². The highest BCUT2D eigenvalue weighted by Crippen LogP contribution is 2.23. The maximum Gasteiger partial charge on any atom is 0.252 e. The van der Waals surface area contributed by atoms with Crippen LogP contribution in [0.1, 0.15) is 5.69 Å². The summed E-state index contributed by atoms with van der Waals surface area (Å²) < 4.78 is 14.9. The van der Waals surface area contributed by atoms with Gasteiger partial charge < -0.3 is 9.80 Å². The predicted molar refractivity (Wildman–Crippen MR) is 124 cm³/mol. The standard InChI is InChI=1S/C22H21FN8OS/c23-16-6-8-18(9-7-16)29-10-12-30(13-11-29)21-24-17(14-20(32)25-21)15-33-22-26-27-28-31(22)19-4-2-1-3-5-19/h1-9,14H,10-13,15H2,(H,24,25,32). The van der Waals surface area contributed by atoms with Crippen LogP contribution in [-0.4, -0.2) is 56.4 Å². The Morgan fingerprint density at radius 3 is 2.42 bits per heavy atom. The molecule has 4 aromatic rings. The van der Waals surface area contributed by atoms with Gasteiger partial charge in [0.1, 0.15) is 5.82 Å². The normalized spacial score (nSPS) is 14.0. The first kappa shape index (κ1) is 21.1. The number of benzene rings is 2. The largest absolute Gasteiger partial charge is 0.368 e. The molecule has 9 nitrogen and oxygen atoms in total. The molecular formula is C22H21FN8OS. The van der Waals surface area contributed by atoms with Crippen molar-refractivity contribution in [2.24, 2.45) is 0 Å². The molecule has 1 N–H and O–H groups in total. The Morgan fingerprint density at radius 1 is 0.939 bits per heavy atom. The number of hydrogen-bond donors (Lipinski definition) is 1. The molecule has 3 heterocycles. The highest BCUT2D eigenvalue weighted by Gasteiger charge is 2.20. The monoisotopic (exact) mass is 464 g/mol. The molecular weight excluding hydrogens is 443 g/mol. The van der Waals surface area contributed by atoms with Crippen molar-refractivity contribution in [3.05, 3.63) is 82.5 Å². The third-order valence-corrected chi connectivity index (χ3v) is 6.30. The van der Waals surface area contributed by atoms with Gasteiger partial charge in [0.25, 0.3) is 5.56 Å². The van der Waals surface area contributed by atoms with E-state index in [1.807, 2.05) is 30.3 Å². The van der Waals surface area contributed by atoms with Crippen molar-refractivity contribution in [3.8, 4) is 5.69 Å². The Morgan fingerprint density at radius 2 is 1.67 bits per heavy atom. The quantitative estimate of drug-likeness (QED) is 0.435. The fourth-order valence-corrected chi connectivity index (χ4v) is 4.47. The van der Waals surface area contributed by atoms with Crippen LogP contribution in [0.2, 0.25) is 0 Å². The number of piperazine rings is 1. The number of nitrogens with one attached hydrogen (secondary N) is 1. The zero-order valence-electron chi connectivity index (χ0n) is 17.6. The Kier molecular flexibility index (Phi) is 6.03. The summed E-state index contributed by atoms with van der Waals surface area (Å²) in [7, 11) is 0. The van der Waals surface area contributed by atoms with E-state index in [0.29, 0.717) is 35.6 Å². The first-order valence-electron chi connectivity index (χ1n) is 10.5. The lowest BCUT2D eigenvalue weighted by Crippen LogP contribution is -2.47. The molecule has 33 heavy (non-hydrogen) atoms. The molecule has 5 rings (SSSR count). The van der Waals surface area contributed by atoms with Crippen LogP contribution in [0, 0.1) is 5.82 Å². The van der Waals surface area contributed by atoms with Crippen LogP contribution in [-0.2, 0) is 5.75 Å². The fourth-order valence-electron chi connectivity index (χ4n) is 3.68. The van der Waals surface area contributed by atoms with E-state index in [4.69, 9.17) is 0 Å². The van der Waals surface area contributed by atoms with E-state index in [9.17, 15) is 9.18 Å². The smallest absolute Gasteiger partial charge is 0.252 e. The highest BCUT2D eigenvalue weighted by molar-refractivity contribution is 7.98. The molecule has 1 aliphatic heterocycles. The third kappa shape index (κ3) is 4.87. The highest BCUT2D eigenvalue weighted by atomic mass is 32.2. The summed E-state index contributed by atoms with van der Waals surface area (Å²) in [6, 6.07) is 17.6. The first-order chi connectivity index (χ1) is 16.2. The van der Waals surface area contributed by atoms with E-state index in [1.54, 1.807) is 16.8 Å². The maximum absolute atomic E-state index is 13.2. The molecule has 1 saturated heterocycles. The number of nitrogens with zero attached hydrogens (tertiary/aromatic N) is 7. The van der Waals surface area contributed by atoms with E-state index < -0.39 is 0 Å². The van der Waals surface area contributed by atoms with Crippen molar-refractivity contribution < 1.29 is 4.39 Å². The number of halogens is 1. The van der Waals surface area contributed by atoms with Crippen LogP contribution < -0.4 is 15.4 Å². The van der Waals surface area contributed by atoms with Crippen molar-refractivity contribution in [1.82, 2.24) is 30.2 Å². The number of tetrazole rings is 1. The number of hydrogen-bond acceptors (Lipinski definition) is 8. The number of aromatic nitrogens is 6. The number of aromatic amines is 1. The van der Waals surface area contributed by atoms with Crippen LogP contribution in [0.4, 0.5) is 16.0 Å². The summed E-state index contributed by atoms with van der Waals surface area (Å²) in [5.41, 5.74) is 2.31. The zero-order chi connectivity index (χ0) is 22.6. The fraction of sp³-hybridized carbons (Fsp3) is 0.227. The van der Waals surface area contributed by atoms with Gasteiger partial charge in [-0.3, -0.25) is 9.78 Å². The molecule has 0 unspecified atom stereocenters. The van der Waals surface area contributed by atoms with E-state index in [1.165, 1.54) is 30.0 Å². The van der Waals surface area contributed by atoms with Gasteiger partial charge in [0.05, 0.1) is 11.4 Å². The van der Waals surface area contributed by atoms with Crippen LogP contribution in [0.5, 0.6) is 0 Å². The van der Waals surface area contributed by atoms with Gasteiger partial charge in [0.15, 0.2) is 0 Å². The number of H-pyrrole nitrogens is 1. The summed E-state index contributed by atoms with van der Waals surface area (Å²) in [6.07, 6.45) is 0. The van der Waals surface area contributed by atoms with Crippen LogP contribution in [0.3, 0.4) is 0 Å². The molecule has 0 amide bonds. The Hall–Kier alpha value is -3.73. The van der Waals surface area contributed by atoms with Crippen molar-refractivity contribution in [2.45, 2.75) is 10.9 Å². The second-order valence-electron chi connectivity index (χ2n) is 7.51. The zero-order valence-corrected chi connectivity index (χ0v) is 18.5. The average molecular weight is 465 g/mol. The number of rotatable bonds is 6. The number of thioether (sulfide) groups is 1. The Balaban J connectivity index is 1.26. The van der Waals surface area contributed by atoms with E-state index in [0.717, 1.165) is 24.5 Å². The van der Waals surface area contributed by atoms with Crippen LogP contribution in [0.25, 0.3) is 5.69 Å². The summed E-state index contributed by atoms with van der Waals surface area (Å²) >= 11 is 1.42. The molecule has 0 bridgehead atoms. The second kappa shape index (κ2) is 9.41. The summed E-state index contributed by atoms with van der Waals surface area (Å²) in [4.78, 5) is 24.1. The predicted octanol–water partition coefficient (Wildman–Crippen LogP) is 2.50. The molecule has 2 aromatic carbocycles. The van der Waals surface area contributed by atoms with Gasteiger partial charge in [-0.1, -0.05) is 30.0 Å². The molecule has 1 aliphatic rings. The molecule has 168 valence electrons. The summed E-state index contributed by atoms with van der Waals surface area (Å²) in [5.74, 6) is 0.769. The lowest BCUT2D eigenvalue weighted by Gasteiger charge is -2.36. The van der Waals surface area contributed by atoms with E-state index >= 15 is 0 Å². The third-order valence-electron chi connectivity index (χ3n) is 5.34. The van der Waals surface area contributed by atoms with Gasteiger partial charge in [0, 0.05) is 43.7 Å². The minimum atomic E-state index is -0.244. The minimum absolute atomic E-state index is 0.195. The van der Waals surface area contributed by atoms with Crippen LogP contribution in [0.15, 0.2) is 70.6 Å². The Labute approximate surface area is 193 Å². The number of para-hydroxylation sites is 1. The molecule has 0 atom stereocenters. The van der Waals surface area contributed by atoms with E-state index in [-0.39, 0.29) is 11.4 Å². The lowest BCUT2D eigenvalue weighted by molar-refractivity contribution is 0.622. The van der Waals surface area contributed by atoms with Gasteiger partial charge in [0.2, 0.25) is 11.1 Å². The lowest BCUT2D eigenvalue weighted by atomic mass is 10.2. The maximum atomic E-state index is 13.2. The molecule has 0 radical (unpaired) electrons. The van der Waals surface area contributed by atoms with Crippen molar-refractivity contribution >= 4 is 23.4 Å². The van der Waals surface area contributed by atoms with Crippen molar-refractivity contribution in [3.63, 3.8) is 0 Å². The summed E-state index contributed by atoms with van der Waals surface area (Å²) in [6.45, 7) is 2.90. The topological polar surface area (TPSA) is 95.8 Å². The molecule has 0 spiro atoms. The van der Waals surface area contributed by atoms with Gasteiger partial charge in [-0.05, 0) is 46.8 Å². The van der Waals surface area contributed by atoms with Gasteiger partial charge in [-0.25, -0.2) is 9.37 Å². The van der Waals surface area contributed by atoms with Crippen molar-refractivity contribution in [1.29, 1.82) is 0 Å². The Bertz CT molecular complexity index is 1270. The minimum Gasteiger partial charge on any atom is -0.368 e. The first-order valence-corrected chi connectivity index (χ1v) is 11.5. The van der Waals surface area contributed by atoms with Crippen LogP contribution >= 0.6 is 11.8 Å².